The molecule has 0 N–H and O–H groups in total. The van der Waals surface area contributed by atoms with E-state index in [1.54, 1.807) is 10.9 Å². The Morgan fingerprint density at radius 2 is 1.81 bits per heavy atom. The van der Waals surface area contributed by atoms with Gasteiger partial charge in [-0.05, 0) is 0 Å². The van der Waals surface area contributed by atoms with E-state index in [0.29, 0.717) is 3.43 Å². The summed E-state index contributed by atoms with van der Waals surface area (Å²) < 4.78 is 3.81. The van der Waals surface area contributed by atoms with Crippen molar-refractivity contribution in [3.63, 3.8) is 0 Å². The monoisotopic (exact) mass is 321 g/mol. The maximum absolute atomic E-state index is 3.97. The van der Waals surface area contributed by atoms with Crippen LogP contribution in [0.3, 0.4) is 0 Å². The van der Waals surface area contributed by atoms with Crippen LogP contribution < -0.4 is 3.58 Å². The molecule has 0 saturated carbocycles. The number of hydrogen-bond acceptors (Lipinski definition) is 2. The minimum atomic E-state index is -0.490. The molecule has 1 aromatic carbocycles. The zero-order valence-corrected chi connectivity index (χ0v) is 12.7. The Morgan fingerprint density at radius 1 is 1.12 bits per heavy atom. The van der Waals surface area contributed by atoms with E-state index in [-0.39, 0.29) is 0 Å². The Bertz CT molecular complexity index is 440. The van der Waals surface area contributed by atoms with Gasteiger partial charge in [0.25, 0.3) is 0 Å². The second kappa shape index (κ2) is 4.57. The molecule has 1 aromatic heterocycles. The normalized spacial score (nSPS) is 11.7. The van der Waals surface area contributed by atoms with Crippen molar-refractivity contribution < 1.29 is 0 Å². The van der Waals surface area contributed by atoms with Crippen LogP contribution in [0.5, 0.6) is 0 Å². The molecular formula is C12H15N3Sn. The molecule has 0 fully saturated rings. The molecule has 3 nitrogen and oxygen atoms in total. The number of benzene rings is 1. The number of hydrogen-bond donors (Lipinski definition) is 0. The zero-order chi connectivity index (χ0) is 11.6. The van der Waals surface area contributed by atoms with Gasteiger partial charge in [-0.25, -0.2) is 0 Å². The first-order valence-corrected chi connectivity index (χ1v) is 8.15. The Balaban J connectivity index is 2.17. The van der Waals surface area contributed by atoms with Crippen molar-refractivity contribution >= 4 is 24.7 Å². The van der Waals surface area contributed by atoms with Crippen molar-refractivity contribution in [2.45, 2.75) is 24.2 Å². The average molecular weight is 320 g/mol. The summed E-state index contributed by atoms with van der Waals surface area (Å²) >= 11 is -0.490. The third-order valence-corrected chi connectivity index (χ3v) is 5.99. The first kappa shape index (κ1) is 11.6. The molecular weight excluding hydrogens is 305 g/mol. The molecule has 0 unspecified atom stereocenters. The van der Waals surface area contributed by atoms with Crippen LogP contribution in [0.1, 0.15) is 20.8 Å². The first-order chi connectivity index (χ1) is 7.54. The van der Waals surface area contributed by atoms with Crippen LogP contribution in [-0.2, 0) is 0 Å². The standard InChI is InChI=1S/C8H6N3.C4H9.Sn/c1-2-4-8(5-3-1)11-7-6-9-10-11;1-4(2)3;/h2-7H;1-3H3;. The molecule has 0 aliphatic carbocycles. The van der Waals surface area contributed by atoms with Crippen molar-refractivity contribution in [3.8, 4) is 5.69 Å². The maximum atomic E-state index is 3.97. The summed E-state index contributed by atoms with van der Waals surface area (Å²) in [5.74, 6) is 0. The van der Waals surface area contributed by atoms with E-state index in [2.05, 4.69) is 55.3 Å². The van der Waals surface area contributed by atoms with E-state index in [1.165, 1.54) is 3.58 Å². The van der Waals surface area contributed by atoms with Gasteiger partial charge >= 0.3 is 106 Å². The molecule has 0 atom stereocenters. The fourth-order valence-corrected chi connectivity index (χ4v) is 4.90. The molecule has 0 aliphatic rings. The Kier molecular flexibility index (Phi) is 3.33. The second-order valence-electron chi connectivity index (χ2n) is 4.77. The third kappa shape index (κ3) is 3.07. The molecule has 0 bridgehead atoms. The molecule has 0 aliphatic heterocycles. The number of rotatable bonds is 2. The van der Waals surface area contributed by atoms with Gasteiger partial charge in [0.1, 0.15) is 0 Å². The van der Waals surface area contributed by atoms with Gasteiger partial charge in [-0.3, -0.25) is 0 Å². The summed E-state index contributed by atoms with van der Waals surface area (Å²) in [5.41, 5.74) is 1.08. The van der Waals surface area contributed by atoms with Crippen LogP contribution in [0.25, 0.3) is 5.69 Å². The van der Waals surface area contributed by atoms with Crippen LogP contribution >= 0.6 is 0 Å². The summed E-state index contributed by atoms with van der Waals surface area (Å²) in [6.07, 6.45) is 3.55. The number of nitrogens with zero attached hydrogens (tertiary/aromatic N) is 3. The van der Waals surface area contributed by atoms with Crippen molar-refractivity contribution in [3.05, 3.63) is 36.7 Å². The fraction of sp³-hybridized carbons (Fsp3) is 0.333. The van der Waals surface area contributed by atoms with Gasteiger partial charge in [-0.2, -0.15) is 0 Å². The van der Waals surface area contributed by atoms with Crippen LogP contribution in [0.15, 0.2) is 36.7 Å². The molecule has 0 saturated heterocycles. The van der Waals surface area contributed by atoms with Crippen molar-refractivity contribution in [2.24, 2.45) is 0 Å². The van der Waals surface area contributed by atoms with Gasteiger partial charge in [0.2, 0.25) is 0 Å². The SMILES string of the molecule is C[C](C)(C)[Sn][c]1ccc(-n2ccnn2)cc1. The average Bonchev–Trinajstić information content (AvgIpc) is 2.69. The van der Waals surface area contributed by atoms with Gasteiger partial charge in [0.15, 0.2) is 0 Å². The predicted octanol–water partition coefficient (Wildman–Crippen LogP) is 1.82. The molecule has 0 spiro atoms. The molecule has 16 heavy (non-hydrogen) atoms. The van der Waals surface area contributed by atoms with E-state index in [1.807, 2.05) is 6.20 Å². The van der Waals surface area contributed by atoms with Crippen LogP contribution in [-0.4, -0.2) is 36.1 Å². The zero-order valence-electron chi connectivity index (χ0n) is 9.81. The summed E-state index contributed by atoms with van der Waals surface area (Å²) in [6.45, 7) is 6.97. The molecule has 2 radical (unpaired) electrons. The molecule has 0 amide bonds. The summed E-state index contributed by atoms with van der Waals surface area (Å²) in [6, 6.07) is 8.70. The quantitative estimate of drug-likeness (QED) is 0.791. The van der Waals surface area contributed by atoms with Crippen molar-refractivity contribution in [2.75, 3.05) is 0 Å². The molecule has 1 heterocycles. The van der Waals surface area contributed by atoms with E-state index in [0.717, 1.165) is 5.69 Å². The van der Waals surface area contributed by atoms with Gasteiger partial charge in [0, 0.05) is 0 Å². The molecule has 4 heteroatoms. The Hall–Kier alpha value is -0.841. The van der Waals surface area contributed by atoms with Crippen LogP contribution in [0.2, 0.25) is 3.43 Å². The molecule has 2 aromatic rings. The third-order valence-electron chi connectivity index (χ3n) is 2.07. The molecule has 82 valence electrons. The van der Waals surface area contributed by atoms with Crippen molar-refractivity contribution in [1.82, 2.24) is 15.0 Å². The number of aromatic nitrogens is 3. The molecule has 2 rings (SSSR count). The van der Waals surface area contributed by atoms with E-state index >= 15 is 0 Å². The fourth-order valence-electron chi connectivity index (χ4n) is 1.48. The van der Waals surface area contributed by atoms with Crippen LogP contribution in [0.4, 0.5) is 0 Å². The van der Waals surface area contributed by atoms with E-state index < -0.39 is 21.1 Å². The van der Waals surface area contributed by atoms with E-state index in [4.69, 9.17) is 0 Å². The summed E-state index contributed by atoms with van der Waals surface area (Å²) in [7, 11) is 0. The van der Waals surface area contributed by atoms with Gasteiger partial charge in [-0.15, -0.1) is 0 Å². The summed E-state index contributed by atoms with van der Waals surface area (Å²) in [4.78, 5) is 0. The Morgan fingerprint density at radius 3 is 2.31 bits per heavy atom. The second-order valence-corrected chi connectivity index (χ2v) is 11.4. The van der Waals surface area contributed by atoms with Gasteiger partial charge in [-0.1, -0.05) is 0 Å². The minimum absolute atomic E-state index is 0.490. The van der Waals surface area contributed by atoms with Gasteiger partial charge < -0.3 is 0 Å². The predicted molar refractivity (Wildman–Crippen MR) is 66.5 cm³/mol. The first-order valence-electron chi connectivity index (χ1n) is 5.29. The van der Waals surface area contributed by atoms with Gasteiger partial charge in [0.05, 0.1) is 0 Å². The van der Waals surface area contributed by atoms with E-state index in [9.17, 15) is 0 Å². The Labute approximate surface area is 106 Å². The summed E-state index contributed by atoms with van der Waals surface area (Å²) in [5, 5.41) is 7.78. The van der Waals surface area contributed by atoms with Crippen LogP contribution in [0, 0.1) is 0 Å². The topological polar surface area (TPSA) is 30.7 Å². The van der Waals surface area contributed by atoms with Crippen molar-refractivity contribution in [1.29, 1.82) is 0 Å².